The molecule has 1 aliphatic rings. The Morgan fingerprint density at radius 3 is 2.12 bits per heavy atom. The van der Waals surface area contributed by atoms with Gasteiger partial charge in [-0.3, -0.25) is 0 Å². The van der Waals surface area contributed by atoms with E-state index in [1.54, 1.807) is 0 Å². The largest absolute Gasteiger partial charge is 0.484 e. The van der Waals surface area contributed by atoms with E-state index in [-0.39, 0.29) is 13.2 Å². The number of unbranched alkanes of at least 4 members (excludes halogenated alkanes) is 9. The smallest absolute Gasteiger partial charge is 0.159 e. The molecular formula is C19H36O5S. The van der Waals surface area contributed by atoms with E-state index in [1.165, 1.54) is 51.4 Å². The zero-order chi connectivity index (χ0) is 18.5. The van der Waals surface area contributed by atoms with Crippen molar-refractivity contribution in [3.05, 3.63) is 0 Å². The van der Waals surface area contributed by atoms with Crippen LogP contribution in [0.15, 0.2) is 0 Å². The highest BCUT2D eigenvalue weighted by atomic mass is 32.1. The van der Waals surface area contributed by atoms with Gasteiger partial charge in [-0.25, -0.2) is 0 Å². The molecule has 0 aliphatic carbocycles. The number of hydrogen-bond acceptors (Lipinski definition) is 6. The fraction of sp³-hybridized carbons (Fsp3) is 0.947. The molecule has 5 nitrogen and oxygen atoms in total. The maximum atomic E-state index is 9.95. The average Bonchev–Trinajstić information content (AvgIpc) is 2.93. The molecule has 3 N–H and O–H groups in total. The highest BCUT2D eigenvalue weighted by molar-refractivity contribution is 7.80. The van der Waals surface area contributed by atoms with Crippen LogP contribution in [0.2, 0.25) is 0 Å². The van der Waals surface area contributed by atoms with E-state index < -0.39 is 24.4 Å². The molecule has 0 unspecified atom stereocenters. The van der Waals surface area contributed by atoms with Gasteiger partial charge in [-0.1, -0.05) is 64.7 Å². The molecule has 1 heterocycles. The van der Waals surface area contributed by atoms with Gasteiger partial charge in [0.15, 0.2) is 5.05 Å². The van der Waals surface area contributed by atoms with Crippen molar-refractivity contribution in [2.24, 2.45) is 0 Å². The van der Waals surface area contributed by atoms with Crippen LogP contribution in [0.3, 0.4) is 0 Å². The number of rotatable bonds is 14. The van der Waals surface area contributed by atoms with Crippen LogP contribution in [0.1, 0.15) is 77.6 Å². The van der Waals surface area contributed by atoms with Gasteiger partial charge in [0.1, 0.15) is 31.0 Å². The van der Waals surface area contributed by atoms with Crippen molar-refractivity contribution >= 4 is 17.3 Å². The molecule has 0 aromatic rings. The van der Waals surface area contributed by atoms with Crippen LogP contribution < -0.4 is 0 Å². The molecule has 6 heteroatoms. The average molecular weight is 377 g/mol. The lowest BCUT2D eigenvalue weighted by molar-refractivity contribution is -0.0663. The predicted octanol–water partition coefficient (Wildman–Crippen LogP) is 3.12. The fourth-order valence-corrected chi connectivity index (χ4v) is 3.28. The Morgan fingerprint density at radius 2 is 1.60 bits per heavy atom. The minimum Gasteiger partial charge on any atom is -0.484 e. The second kappa shape index (κ2) is 13.9. The van der Waals surface area contributed by atoms with Crippen molar-refractivity contribution in [1.29, 1.82) is 0 Å². The summed E-state index contributed by atoms with van der Waals surface area (Å²) in [4.78, 5) is 0. The minimum atomic E-state index is -1.07. The van der Waals surface area contributed by atoms with Crippen LogP contribution in [0, 0.1) is 0 Å². The van der Waals surface area contributed by atoms with E-state index >= 15 is 0 Å². The van der Waals surface area contributed by atoms with Crippen molar-refractivity contribution in [1.82, 2.24) is 0 Å². The third-order valence-corrected chi connectivity index (χ3v) is 5.04. The van der Waals surface area contributed by atoms with Crippen molar-refractivity contribution in [3.8, 4) is 0 Å². The van der Waals surface area contributed by atoms with Crippen LogP contribution in [-0.4, -0.2) is 58.0 Å². The zero-order valence-electron chi connectivity index (χ0n) is 15.6. The Bertz CT molecular complexity index is 353. The van der Waals surface area contributed by atoms with Gasteiger partial charge in [-0.15, -0.1) is 0 Å². The molecular weight excluding hydrogens is 340 g/mol. The van der Waals surface area contributed by atoms with Crippen molar-refractivity contribution < 1.29 is 24.8 Å². The van der Waals surface area contributed by atoms with Crippen LogP contribution in [0.5, 0.6) is 0 Å². The zero-order valence-corrected chi connectivity index (χ0v) is 16.4. The normalized spacial score (nSPS) is 24.4. The first-order chi connectivity index (χ1) is 12.1. The third kappa shape index (κ3) is 9.85. The molecule has 0 amide bonds. The predicted molar refractivity (Wildman–Crippen MR) is 103 cm³/mol. The van der Waals surface area contributed by atoms with Gasteiger partial charge in [0, 0.05) is 6.42 Å². The second-order valence-corrected chi connectivity index (χ2v) is 7.49. The standard InChI is InChI=1S/C19H36O5S/c1-2-3-4-5-6-7-8-9-10-11-12-17(25)23-14-16(21)19-18(22)15(20)13-24-19/h15-16,18-22H,2-14H2,1H3/t15-,16+,18+,19+/m1/s1. The van der Waals surface area contributed by atoms with E-state index in [1.807, 2.05) is 0 Å². The quantitative estimate of drug-likeness (QED) is 0.319. The first kappa shape index (κ1) is 22.8. The van der Waals surface area contributed by atoms with Crippen LogP contribution >= 0.6 is 12.2 Å². The van der Waals surface area contributed by atoms with E-state index in [0.717, 1.165) is 19.3 Å². The summed E-state index contributed by atoms with van der Waals surface area (Å²) in [5.74, 6) is 0. The molecule has 148 valence electrons. The lowest BCUT2D eigenvalue weighted by atomic mass is 10.1. The highest BCUT2D eigenvalue weighted by Crippen LogP contribution is 2.18. The summed E-state index contributed by atoms with van der Waals surface area (Å²) in [6.07, 6.45) is 9.65. The molecule has 0 radical (unpaired) electrons. The SMILES string of the molecule is CCCCCCCCCCCCC(=S)OC[C@H](O)[C@@H]1OC[C@@H](O)[C@@H]1O. The van der Waals surface area contributed by atoms with Crippen molar-refractivity contribution in [3.63, 3.8) is 0 Å². The number of aliphatic hydroxyl groups excluding tert-OH is 3. The second-order valence-electron chi connectivity index (χ2n) is 7.04. The Balaban J connectivity index is 1.93. The van der Waals surface area contributed by atoms with Gasteiger partial charge in [0.25, 0.3) is 0 Å². The fourth-order valence-electron chi connectivity index (χ4n) is 3.07. The van der Waals surface area contributed by atoms with Gasteiger partial charge < -0.3 is 24.8 Å². The van der Waals surface area contributed by atoms with Gasteiger partial charge in [0.05, 0.1) is 6.61 Å². The van der Waals surface area contributed by atoms with Gasteiger partial charge in [-0.2, -0.15) is 0 Å². The molecule has 0 aromatic heterocycles. The van der Waals surface area contributed by atoms with Crippen LogP contribution in [0.4, 0.5) is 0 Å². The van der Waals surface area contributed by atoms with E-state index in [4.69, 9.17) is 21.7 Å². The maximum absolute atomic E-state index is 9.95. The van der Waals surface area contributed by atoms with Gasteiger partial charge in [0.2, 0.25) is 0 Å². The van der Waals surface area contributed by atoms with E-state index in [2.05, 4.69) is 6.92 Å². The minimum absolute atomic E-state index is 0.00889. The molecule has 0 bridgehead atoms. The maximum Gasteiger partial charge on any atom is 0.159 e. The molecule has 1 rings (SSSR count). The number of ether oxygens (including phenoxy) is 2. The van der Waals surface area contributed by atoms with Gasteiger partial charge in [-0.05, 0) is 18.6 Å². The third-order valence-electron chi connectivity index (χ3n) is 4.72. The molecule has 25 heavy (non-hydrogen) atoms. The van der Waals surface area contributed by atoms with Gasteiger partial charge >= 0.3 is 0 Å². The molecule has 0 spiro atoms. The summed E-state index contributed by atoms with van der Waals surface area (Å²) < 4.78 is 10.6. The first-order valence-corrected chi connectivity index (χ1v) is 10.3. The Hall–Kier alpha value is -0.270. The topological polar surface area (TPSA) is 79.2 Å². The summed E-state index contributed by atoms with van der Waals surface area (Å²) in [5.41, 5.74) is 0. The Labute approximate surface area is 157 Å². The number of thiocarbonyl (C=S) groups is 1. The lowest BCUT2D eigenvalue weighted by Gasteiger charge is -2.21. The summed E-state index contributed by atoms with van der Waals surface area (Å²) in [6, 6.07) is 0. The van der Waals surface area contributed by atoms with E-state index in [9.17, 15) is 15.3 Å². The molecule has 4 atom stereocenters. The summed E-state index contributed by atoms with van der Waals surface area (Å²) in [5, 5.41) is 29.5. The van der Waals surface area contributed by atoms with E-state index in [0.29, 0.717) is 5.05 Å². The summed E-state index contributed by atoms with van der Waals surface area (Å²) >= 11 is 5.17. The number of hydrogen-bond donors (Lipinski definition) is 3. The Kier molecular flexibility index (Phi) is 12.6. The Morgan fingerprint density at radius 1 is 1.04 bits per heavy atom. The lowest BCUT2D eigenvalue weighted by Crippen LogP contribution is -2.41. The monoisotopic (exact) mass is 376 g/mol. The van der Waals surface area contributed by atoms with Crippen LogP contribution in [-0.2, 0) is 9.47 Å². The van der Waals surface area contributed by atoms with Crippen molar-refractivity contribution in [2.45, 2.75) is 102 Å². The summed E-state index contributed by atoms with van der Waals surface area (Å²) in [6.45, 7) is 2.27. The molecule has 0 saturated carbocycles. The van der Waals surface area contributed by atoms with Crippen molar-refractivity contribution in [2.75, 3.05) is 13.2 Å². The summed E-state index contributed by atoms with van der Waals surface area (Å²) in [7, 11) is 0. The number of aliphatic hydroxyl groups is 3. The highest BCUT2D eigenvalue weighted by Gasteiger charge is 2.39. The molecule has 1 fully saturated rings. The molecule has 1 aliphatic heterocycles. The first-order valence-electron chi connectivity index (χ1n) is 9.87. The van der Waals surface area contributed by atoms with Crippen LogP contribution in [0.25, 0.3) is 0 Å². The molecule has 0 aromatic carbocycles. The molecule has 1 saturated heterocycles.